The number of carboxylic acid groups (broad SMARTS) is 1. The molecule has 0 fully saturated rings. The van der Waals surface area contributed by atoms with Crippen molar-refractivity contribution in [1.29, 1.82) is 0 Å². The van der Waals surface area contributed by atoms with Gasteiger partial charge in [-0.15, -0.1) is 0 Å². The smallest absolute Gasteiger partial charge is 0.303 e. The number of anilines is 1. The van der Waals surface area contributed by atoms with Crippen LogP contribution >= 0.6 is 15.9 Å². The molecule has 2 N–H and O–H groups in total. The van der Waals surface area contributed by atoms with Crippen LogP contribution in [-0.4, -0.2) is 28.4 Å². The second-order valence-corrected chi connectivity index (χ2v) is 9.10. The Kier molecular flexibility index (Phi) is 7.78. The third-order valence-electron chi connectivity index (χ3n) is 4.32. The maximum absolute atomic E-state index is 13.3. The fourth-order valence-corrected chi connectivity index (χ4v) is 3.24. The molecule has 1 atom stereocenters. The van der Waals surface area contributed by atoms with E-state index in [1.807, 2.05) is 52.0 Å². The highest BCUT2D eigenvalue weighted by molar-refractivity contribution is 9.10. The van der Waals surface area contributed by atoms with E-state index >= 15 is 0 Å². The number of carbonyl (C=O) groups excluding carboxylic acids is 2. The quantitative estimate of drug-likeness (QED) is 0.613. The van der Waals surface area contributed by atoms with Gasteiger partial charge in [-0.1, -0.05) is 45.8 Å². The summed E-state index contributed by atoms with van der Waals surface area (Å²) >= 11 is 3.39. The molecule has 0 saturated carbocycles. The number of aryl methyl sites for hydroxylation is 1. The molecule has 0 aliphatic heterocycles. The lowest BCUT2D eigenvalue weighted by molar-refractivity contribution is -0.138. The van der Waals surface area contributed by atoms with Gasteiger partial charge in [-0.2, -0.15) is 0 Å². The summed E-state index contributed by atoms with van der Waals surface area (Å²) in [6.45, 7) is 7.53. The largest absolute Gasteiger partial charge is 0.481 e. The number of hydrogen-bond donors (Lipinski definition) is 2. The van der Waals surface area contributed by atoms with Crippen molar-refractivity contribution in [3.63, 3.8) is 0 Å². The lowest BCUT2D eigenvalue weighted by Gasteiger charge is -2.34. The number of hydrogen-bond acceptors (Lipinski definition) is 3. The van der Waals surface area contributed by atoms with Crippen molar-refractivity contribution in [3.8, 4) is 0 Å². The van der Waals surface area contributed by atoms with Crippen molar-refractivity contribution < 1.29 is 19.5 Å². The number of halogens is 1. The van der Waals surface area contributed by atoms with Crippen LogP contribution in [0.1, 0.15) is 50.8 Å². The number of benzene rings is 2. The Morgan fingerprint density at radius 3 is 2.07 bits per heavy atom. The molecule has 0 aliphatic rings. The minimum atomic E-state index is -1.06. The Labute approximate surface area is 185 Å². The molecular weight excluding hydrogens is 448 g/mol. The molecule has 6 nitrogen and oxygen atoms in total. The highest BCUT2D eigenvalue weighted by Gasteiger charge is 2.34. The normalized spacial score (nSPS) is 12.2. The van der Waals surface area contributed by atoms with Gasteiger partial charge in [-0.3, -0.25) is 19.3 Å². The Hall–Kier alpha value is -2.67. The van der Waals surface area contributed by atoms with Crippen molar-refractivity contribution in [3.05, 3.63) is 64.1 Å². The van der Waals surface area contributed by atoms with Crippen molar-refractivity contribution in [1.82, 2.24) is 5.32 Å². The van der Waals surface area contributed by atoms with Crippen LogP contribution in [0.4, 0.5) is 5.69 Å². The standard InChI is InChI=1S/C23H27BrN2O4/c1-15-5-11-18(12-6-15)26(19(27)13-14-20(28)29)21(22(30)25-23(2,3)4)16-7-9-17(24)10-8-16/h5-12,21H,13-14H2,1-4H3,(H,25,30)(H,28,29). The van der Waals surface area contributed by atoms with E-state index in [2.05, 4.69) is 21.2 Å². The molecule has 0 bridgehead atoms. The van der Waals surface area contributed by atoms with E-state index in [4.69, 9.17) is 5.11 Å². The third kappa shape index (κ3) is 6.69. The van der Waals surface area contributed by atoms with Gasteiger partial charge in [0.05, 0.1) is 6.42 Å². The van der Waals surface area contributed by atoms with Crippen LogP contribution in [0.5, 0.6) is 0 Å². The highest BCUT2D eigenvalue weighted by Crippen LogP contribution is 2.30. The van der Waals surface area contributed by atoms with Crippen molar-refractivity contribution >= 4 is 39.4 Å². The summed E-state index contributed by atoms with van der Waals surface area (Å²) in [6, 6.07) is 13.5. The first kappa shape index (κ1) is 23.6. The fraction of sp³-hybridized carbons (Fsp3) is 0.348. The van der Waals surface area contributed by atoms with Gasteiger partial charge in [0.2, 0.25) is 11.8 Å². The molecular formula is C23H27BrN2O4. The van der Waals surface area contributed by atoms with Crippen molar-refractivity contribution in [2.75, 3.05) is 4.90 Å². The van der Waals surface area contributed by atoms with Crippen molar-refractivity contribution in [2.24, 2.45) is 0 Å². The summed E-state index contributed by atoms with van der Waals surface area (Å²) in [5.41, 5.74) is 1.67. The molecule has 2 rings (SSSR count). The van der Waals surface area contributed by atoms with Crippen LogP contribution < -0.4 is 10.2 Å². The molecule has 0 aliphatic carbocycles. The van der Waals surface area contributed by atoms with Gasteiger partial charge < -0.3 is 10.4 Å². The number of aliphatic carboxylic acids is 1. The van der Waals surface area contributed by atoms with E-state index < -0.39 is 23.5 Å². The first-order valence-electron chi connectivity index (χ1n) is 9.66. The zero-order chi connectivity index (χ0) is 22.5. The second-order valence-electron chi connectivity index (χ2n) is 8.19. The van der Waals surface area contributed by atoms with Crippen LogP contribution in [0.3, 0.4) is 0 Å². The molecule has 1 unspecified atom stereocenters. The Morgan fingerprint density at radius 1 is 1.00 bits per heavy atom. The molecule has 30 heavy (non-hydrogen) atoms. The minimum absolute atomic E-state index is 0.209. The molecule has 0 radical (unpaired) electrons. The topological polar surface area (TPSA) is 86.7 Å². The second kappa shape index (κ2) is 9.89. The predicted molar refractivity (Wildman–Crippen MR) is 120 cm³/mol. The zero-order valence-corrected chi connectivity index (χ0v) is 19.2. The number of amides is 2. The van der Waals surface area contributed by atoms with Crippen LogP contribution in [0.15, 0.2) is 53.0 Å². The van der Waals surface area contributed by atoms with Gasteiger partial charge in [-0.05, 0) is 57.5 Å². The summed E-state index contributed by atoms with van der Waals surface area (Å²) in [6.07, 6.45) is -0.520. The number of carboxylic acids is 1. The summed E-state index contributed by atoms with van der Waals surface area (Å²) < 4.78 is 0.848. The summed E-state index contributed by atoms with van der Waals surface area (Å²) in [5.74, 6) is -1.83. The first-order chi connectivity index (χ1) is 14.0. The molecule has 0 saturated heterocycles. The summed E-state index contributed by atoms with van der Waals surface area (Å²) in [5, 5.41) is 12.0. The lowest BCUT2D eigenvalue weighted by atomic mass is 10.00. The zero-order valence-electron chi connectivity index (χ0n) is 17.6. The van der Waals surface area contributed by atoms with E-state index in [-0.39, 0.29) is 18.7 Å². The van der Waals surface area contributed by atoms with Gasteiger partial charge in [0.15, 0.2) is 0 Å². The molecule has 2 aromatic rings. The predicted octanol–water partition coefficient (Wildman–Crippen LogP) is 4.61. The van der Waals surface area contributed by atoms with Crippen LogP contribution in [0.2, 0.25) is 0 Å². The molecule has 0 spiro atoms. The average molecular weight is 475 g/mol. The number of rotatable bonds is 7. The fourth-order valence-electron chi connectivity index (χ4n) is 2.98. The maximum Gasteiger partial charge on any atom is 0.303 e. The molecule has 160 valence electrons. The Morgan fingerprint density at radius 2 is 1.57 bits per heavy atom. The first-order valence-corrected chi connectivity index (χ1v) is 10.5. The number of nitrogens with one attached hydrogen (secondary N) is 1. The van der Waals surface area contributed by atoms with Crippen molar-refractivity contribution in [2.45, 2.75) is 52.1 Å². The van der Waals surface area contributed by atoms with Gasteiger partial charge in [0, 0.05) is 22.1 Å². The molecule has 0 heterocycles. The third-order valence-corrected chi connectivity index (χ3v) is 4.85. The van der Waals surface area contributed by atoms with Gasteiger partial charge >= 0.3 is 5.97 Å². The van der Waals surface area contributed by atoms with E-state index in [9.17, 15) is 14.4 Å². The monoisotopic (exact) mass is 474 g/mol. The Bertz CT molecular complexity index is 902. The van der Waals surface area contributed by atoms with Gasteiger partial charge in [0.25, 0.3) is 0 Å². The minimum Gasteiger partial charge on any atom is -0.481 e. The van der Waals surface area contributed by atoms with Crippen LogP contribution in [0.25, 0.3) is 0 Å². The maximum atomic E-state index is 13.3. The lowest BCUT2D eigenvalue weighted by Crippen LogP contribution is -2.49. The van der Waals surface area contributed by atoms with Crippen LogP contribution in [-0.2, 0) is 14.4 Å². The SMILES string of the molecule is Cc1ccc(N(C(=O)CCC(=O)O)C(C(=O)NC(C)(C)C)c2ccc(Br)cc2)cc1. The van der Waals surface area contributed by atoms with E-state index in [1.54, 1.807) is 24.3 Å². The van der Waals surface area contributed by atoms with E-state index in [0.717, 1.165) is 10.0 Å². The highest BCUT2D eigenvalue weighted by atomic mass is 79.9. The van der Waals surface area contributed by atoms with Crippen LogP contribution in [0, 0.1) is 6.92 Å². The molecule has 2 aromatic carbocycles. The number of nitrogens with zero attached hydrogens (tertiary/aromatic N) is 1. The van der Waals surface area contributed by atoms with E-state index in [1.165, 1.54) is 4.90 Å². The summed E-state index contributed by atoms with van der Waals surface area (Å²) in [4.78, 5) is 38.9. The number of carbonyl (C=O) groups is 3. The van der Waals surface area contributed by atoms with Gasteiger partial charge in [0.1, 0.15) is 6.04 Å². The van der Waals surface area contributed by atoms with E-state index in [0.29, 0.717) is 11.3 Å². The Balaban J connectivity index is 2.58. The summed E-state index contributed by atoms with van der Waals surface area (Å²) in [7, 11) is 0. The van der Waals surface area contributed by atoms with Gasteiger partial charge in [-0.25, -0.2) is 0 Å². The molecule has 2 amide bonds. The average Bonchev–Trinajstić information content (AvgIpc) is 2.64. The molecule has 7 heteroatoms. The molecule has 0 aromatic heterocycles.